The molecule has 0 atom stereocenters. The van der Waals surface area contributed by atoms with Crippen LogP contribution in [0.3, 0.4) is 0 Å². The first kappa shape index (κ1) is 11.4. The van der Waals surface area contributed by atoms with Crippen LogP contribution in [-0.2, 0) is 6.61 Å². The fourth-order valence-electron chi connectivity index (χ4n) is 1.62. The van der Waals surface area contributed by atoms with E-state index in [2.05, 4.69) is 0 Å². The molecule has 0 spiro atoms. The van der Waals surface area contributed by atoms with Gasteiger partial charge in [0.2, 0.25) is 0 Å². The monoisotopic (exact) mass is 231 g/mol. The number of benzene rings is 1. The van der Waals surface area contributed by atoms with Crippen LogP contribution in [0.25, 0.3) is 0 Å². The minimum atomic E-state index is -0.165. The van der Waals surface area contributed by atoms with Crippen molar-refractivity contribution in [1.82, 2.24) is 4.57 Å². The SMILES string of the molecule is COc1ccc(C(=O)n2cccc2CO)cc1. The standard InChI is InChI=1S/C13H13NO3/c1-17-12-6-4-10(5-7-12)13(16)14-8-2-3-11(14)9-15/h2-8,15H,9H2,1H3. The lowest BCUT2D eigenvalue weighted by Crippen LogP contribution is -2.13. The van der Waals surface area contributed by atoms with E-state index in [0.717, 1.165) is 0 Å². The molecular weight excluding hydrogens is 218 g/mol. The van der Waals surface area contributed by atoms with Gasteiger partial charge in [-0.25, -0.2) is 0 Å². The number of hydrogen-bond donors (Lipinski definition) is 1. The van der Waals surface area contributed by atoms with Gasteiger partial charge >= 0.3 is 0 Å². The molecular formula is C13H13NO3. The fourth-order valence-corrected chi connectivity index (χ4v) is 1.62. The molecule has 1 heterocycles. The summed E-state index contributed by atoms with van der Waals surface area (Å²) in [6.45, 7) is -0.158. The number of aromatic nitrogens is 1. The Morgan fingerprint density at radius 2 is 2.00 bits per heavy atom. The van der Waals surface area contributed by atoms with Crippen molar-refractivity contribution in [2.75, 3.05) is 7.11 Å². The van der Waals surface area contributed by atoms with E-state index in [4.69, 9.17) is 9.84 Å². The summed E-state index contributed by atoms with van der Waals surface area (Å²) in [4.78, 5) is 12.1. The number of ether oxygens (including phenoxy) is 1. The van der Waals surface area contributed by atoms with Crippen molar-refractivity contribution in [2.45, 2.75) is 6.61 Å². The van der Waals surface area contributed by atoms with Crippen LogP contribution in [0.5, 0.6) is 5.75 Å². The first-order valence-corrected chi connectivity index (χ1v) is 5.22. The maximum atomic E-state index is 12.1. The zero-order valence-electron chi connectivity index (χ0n) is 9.46. The molecule has 0 radical (unpaired) electrons. The smallest absolute Gasteiger partial charge is 0.262 e. The molecule has 0 bridgehead atoms. The zero-order chi connectivity index (χ0) is 12.3. The van der Waals surface area contributed by atoms with Crippen molar-refractivity contribution in [3.05, 3.63) is 53.9 Å². The molecule has 17 heavy (non-hydrogen) atoms. The predicted octanol–water partition coefficient (Wildman–Crippen LogP) is 1.68. The summed E-state index contributed by atoms with van der Waals surface area (Å²) in [5.41, 5.74) is 1.13. The highest BCUT2D eigenvalue weighted by Crippen LogP contribution is 2.13. The van der Waals surface area contributed by atoms with E-state index in [-0.39, 0.29) is 12.5 Å². The van der Waals surface area contributed by atoms with Gasteiger partial charge in [-0.1, -0.05) is 0 Å². The maximum Gasteiger partial charge on any atom is 0.262 e. The van der Waals surface area contributed by atoms with Gasteiger partial charge in [0.25, 0.3) is 5.91 Å². The molecule has 0 aliphatic rings. The molecule has 0 amide bonds. The van der Waals surface area contributed by atoms with E-state index >= 15 is 0 Å². The lowest BCUT2D eigenvalue weighted by Gasteiger charge is -2.06. The van der Waals surface area contributed by atoms with Crippen LogP contribution in [0, 0.1) is 0 Å². The van der Waals surface area contributed by atoms with Crippen molar-refractivity contribution in [3.63, 3.8) is 0 Å². The van der Waals surface area contributed by atoms with Gasteiger partial charge < -0.3 is 9.84 Å². The molecule has 4 heteroatoms. The third-order valence-electron chi connectivity index (χ3n) is 2.55. The van der Waals surface area contributed by atoms with Gasteiger partial charge in [-0.05, 0) is 36.4 Å². The summed E-state index contributed by atoms with van der Waals surface area (Å²) >= 11 is 0. The molecule has 0 aliphatic heterocycles. The second-order valence-corrected chi connectivity index (χ2v) is 3.56. The van der Waals surface area contributed by atoms with Gasteiger partial charge in [0.1, 0.15) is 5.75 Å². The number of carbonyl (C=O) groups excluding carboxylic acids is 1. The maximum absolute atomic E-state index is 12.1. The van der Waals surface area contributed by atoms with Crippen molar-refractivity contribution in [1.29, 1.82) is 0 Å². The van der Waals surface area contributed by atoms with E-state index < -0.39 is 0 Å². The molecule has 4 nitrogen and oxygen atoms in total. The van der Waals surface area contributed by atoms with Gasteiger partial charge in [0.05, 0.1) is 19.4 Å². The van der Waals surface area contributed by atoms with Crippen molar-refractivity contribution < 1.29 is 14.6 Å². The fraction of sp³-hybridized carbons (Fsp3) is 0.154. The average molecular weight is 231 g/mol. The quantitative estimate of drug-likeness (QED) is 0.874. The van der Waals surface area contributed by atoms with Gasteiger partial charge in [0, 0.05) is 11.8 Å². The van der Waals surface area contributed by atoms with Crippen LogP contribution in [0.15, 0.2) is 42.6 Å². The lowest BCUT2D eigenvalue weighted by atomic mass is 10.2. The molecule has 2 aromatic rings. The van der Waals surface area contributed by atoms with Crippen LogP contribution in [-0.4, -0.2) is 22.7 Å². The van der Waals surface area contributed by atoms with Crippen molar-refractivity contribution in [3.8, 4) is 5.75 Å². The number of rotatable bonds is 3. The first-order valence-electron chi connectivity index (χ1n) is 5.22. The molecule has 0 saturated carbocycles. The summed E-state index contributed by atoms with van der Waals surface area (Å²) in [6.07, 6.45) is 1.64. The Bertz CT molecular complexity index is 514. The highest BCUT2D eigenvalue weighted by Gasteiger charge is 2.10. The summed E-state index contributed by atoms with van der Waals surface area (Å²) in [5, 5.41) is 9.09. The molecule has 0 unspecified atom stereocenters. The molecule has 0 aliphatic carbocycles. The normalized spacial score (nSPS) is 10.2. The molecule has 0 saturated heterocycles. The summed E-state index contributed by atoms with van der Waals surface area (Å²) in [6, 6.07) is 10.3. The topological polar surface area (TPSA) is 51.5 Å². The van der Waals surface area contributed by atoms with Crippen LogP contribution < -0.4 is 4.74 Å². The van der Waals surface area contributed by atoms with Gasteiger partial charge in [0.15, 0.2) is 0 Å². The van der Waals surface area contributed by atoms with Gasteiger partial charge in [-0.15, -0.1) is 0 Å². The van der Waals surface area contributed by atoms with Gasteiger partial charge in [-0.3, -0.25) is 9.36 Å². The Morgan fingerprint density at radius 1 is 1.29 bits per heavy atom. The highest BCUT2D eigenvalue weighted by molar-refractivity contribution is 5.96. The number of aliphatic hydroxyl groups excluding tert-OH is 1. The largest absolute Gasteiger partial charge is 0.497 e. The molecule has 1 N–H and O–H groups in total. The summed E-state index contributed by atoms with van der Waals surface area (Å²) in [7, 11) is 1.58. The third kappa shape index (κ3) is 2.21. The first-order chi connectivity index (χ1) is 8.26. The number of hydrogen-bond acceptors (Lipinski definition) is 3. The van der Waals surface area contributed by atoms with Gasteiger partial charge in [-0.2, -0.15) is 0 Å². The van der Waals surface area contributed by atoms with Crippen molar-refractivity contribution in [2.24, 2.45) is 0 Å². The Balaban J connectivity index is 2.30. The summed E-state index contributed by atoms with van der Waals surface area (Å²) < 4.78 is 6.46. The number of nitrogens with zero attached hydrogens (tertiary/aromatic N) is 1. The second-order valence-electron chi connectivity index (χ2n) is 3.56. The molecule has 2 rings (SSSR count). The number of methoxy groups -OCH3 is 1. The molecule has 0 fully saturated rings. The Labute approximate surface area is 99.1 Å². The molecule has 88 valence electrons. The van der Waals surface area contributed by atoms with Crippen LogP contribution in [0.1, 0.15) is 16.1 Å². The second kappa shape index (κ2) is 4.84. The van der Waals surface area contributed by atoms with E-state index in [0.29, 0.717) is 17.0 Å². The Kier molecular flexibility index (Phi) is 3.25. The lowest BCUT2D eigenvalue weighted by molar-refractivity contribution is 0.0951. The van der Waals surface area contributed by atoms with E-state index in [1.54, 1.807) is 49.7 Å². The average Bonchev–Trinajstić information content (AvgIpc) is 2.86. The van der Waals surface area contributed by atoms with Crippen molar-refractivity contribution >= 4 is 5.91 Å². The number of aliphatic hydroxyl groups is 1. The van der Waals surface area contributed by atoms with E-state index in [1.165, 1.54) is 4.57 Å². The molecule has 1 aromatic carbocycles. The van der Waals surface area contributed by atoms with Crippen LogP contribution >= 0.6 is 0 Å². The minimum absolute atomic E-state index is 0.158. The van der Waals surface area contributed by atoms with E-state index in [1.807, 2.05) is 0 Å². The Morgan fingerprint density at radius 3 is 2.59 bits per heavy atom. The van der Waals surface area contributed by atoms with Crippen LogP contribution in [0.2, 0.25) is 0 Å². The third-order valence-corrected chi connectivity index (χ3v) is 2.55. The highest BCUT2D eigenvalue weighted by atomic mass is 16.5. The predicted molar refractivity (Wildman–Crippen MR) is 63.1 cm³/mol. The van der Waals surface area contributed by atoms with E-state index in [9.17, 15) is 4.79 Å². The number of carbonyl (C=O) groups is 1. The summed E-state index contributed by atoms with van der Waals surface area (Å²) in [5.74, 6) is 0.540. The van der Waals surface area contributed by atoms with Crippen LogP contribution in [0.4, 0.5) is 0 Å². The Hall–Kier alpha value is -2.07. The minimum Gasteiger partial charge on any atom is -0.497 e. The molecule has 1 aromatic heterocycles. The zero-order valence-corrected chi connectivity index (χ0v) is 9.46.